The van der Waals surface area contributed by atoms with Crippen LogP contribution in [0.2, 0.25) is 0 Å². The second kappa shape index (κ2) is 8.69. The average molecular weight is 409 g/mol. The van der Waals surface area contributed by atoms with E-state index in [-0.39, 0.29) is 18.8 Å². The van der Waals surface area contributed by atoms with E-state index in [2.05, 4.69) is 6.92 Å². The highest BCUT2D eigenvalue weighted by molar-refractivity contribution is 5.92. The Balaban J connectivity index is 1.50. The third-order valence-electron chi connectivity index (χ3n) is 5.24. The van der Waals surface area contributed by atoms with Crippen LogP contribution in [0, 0.1) is 0 Å². The topological polar surface area (TPSA) is 57.2 Å². The smallest absolute Gasteiger partial charge is 0.246 e. The van der Waals surface area contributed by atoms with Crippen molar-refractivity contribution in [2.24, 2.45) is 0 Å². The standard InChI is InChI=1S/C24H27NO5/c1-4-25(14-17-6-8-20-23(11-17)29-15-28-20)24(26)9-7-18-12-22-19(10-16(3)30-22)13-21(18)27-5-2/h6-9,11-13,16H,4-5,10,14-15H2,1-3H3/b9-7+. The number of amides is 1. The van der Waals surface area contributed by atoms with Gasteiger partial charge in [-0.25, -0.2) is 0 Å². The van der Waals surface area contributed by atoms with Gasteiger partial charge >= 0.3 is 0 Å². The van der Waals surface area contributed by atoms with Crippen LogP contribution >= 0.6 is 0 Å². The molecule has 30 heavy (non-hydrogen) atoms. The van der Waals surface area contributed by atoms with Crippen molar-refractivity contribution >= 4 is 12.0 Å². The second-order valence-electron chi connectivity index (χ2n) is 7.44. The summed E-state index contributed by atoms with van der Waals surface area (Å²) in [6.07, 6.45) is 4.44. The third kappa shape index (κ3) is 4.22. The minimum Gasteiger partial charge on any atom is -0.493 e. The highest BCUT2D eigenvalue weighted by atomic mass is 16.7. The molecule has 0 aromatic heterocycles. The zero-order valence-corrected chi connectivity index (χ0v) is 17.6. The molecular weight excluding hydrogens is 382 g/mol. The largest absolute Gasteiger partial charge is 0.493 e. The SMILES string of the molecule is CCOc1cc2c(cc1/C=C/C(=O)N(CC)Cc1ccc3c(c1)OCO3)OC(C)C2. The maximum atomic E-state index is 12.9. The minimum atomic E-state index is -0.0626. The summed E-state index contributed by atoms with van der Waals surface area (Å²) >= 11 is 0. The monoisotopic (exact) mass is 409 g/mol. The van der Waals surface area contributed by atoms with Gasteiger partial charge in [-0.2, -0.15) is 0 Å². The summed E-state index contributed by atoms with van der Waals surface area (Å²) in [5.74, 6) is 3.04. The Morgan fingerprint density at radius 2 is 2.00 bits per heavy atom. The number of carbonyl (C=O) groups excluding carboxylic acids is 1. The molecule has 2 aliphatic rings. The zero-order chi connectivity index (χ0) is 21.1. The summed E-state index contributed by atoms with van der Waals surface area (Å²) in [4.78, 5) is 14.6. The average Bonchev–Trinajstić information content (AvgIpc) is 3.34. The molecule has 158 valence electrons. The molecule has 0 N–H and O–H groups in total. The van der Waals surface area contributed by atoms with Crippen LogP contribution in [0.4, 0.5) is 0 Å². The van der Waals surface area contributed by atoms with Gasteiger partial charge in [0.25, 0.3) is 0 Å². The zero-order valence-electron chi connectivity index (χ0n) is 17.6. The van der Waals surface area contributed by atoms with Crippen molar-refractivity contribution in [1.29, 1.82) is 0 Å². The molecular formula is C24H27NO5. The van der Waals surface area contributed by atoms with Gasteiger partial charge < -0.3 is 23.8 Å². The molecule has 2 aliphatic heterocycles. The van der Waals surface area contributed by atoms with Gasteiger partial charge in [0.2, 0.25) is 12.7 Å². The number of nitrogens with zero attached hydrogens (tertiary/aromatic N) is 1. The van der Waals surface area contributed by atoms with Crippen LogP contribution in [0.1, 0.15) is 37.5 Å². The van der Waals surface area contributed by atoms with Crippen molar-refractivity contribution in [1.82, 2.24) is 4.90 Å². The first-order valence-electron chi connectivity index (χ1n) is 10.4. The van der Waals surface area contributed by atoms with Gasteiger partial charge in [-0.3, -0.25) is 4.79 Å². The van der Waals surface area contributed by atoms with E-state index >= 15 is 0 Å². The van der Waals surface area contributed by atoms with Gasteiger partial charge in [0.05, 0.1) is 6.61 Å². The van der Waals surface area contributed by atoms with Crippen LogP contribution in [0.25, 0.3) is 6.08 Å². The molecule has 2 heterocycles. The predicted molar refractivity (Wildman–Crippen MR) is 114 cm³/mol. The molecule has 2 aromatic carbocycles. The molecule has 4 rings (SSSR count). The molecule has 0 saturated carbocycles. The van der Waals surface area contributed by atoms with E-state index in [0.29, 0.717) is 19.7 Å². The normalized spacial score (nSPS) is 16.4. The number of carbonyl (C=O) groups is 1. The fourth-order valence-corrected chi connectivity index (χ4v) is 3.74. The lowest BCUT2D eigenvalue weighted by molar-refractivity contribution is -0.126. The van der Waals surface area contributed by atoms with Crippen LogP contribution in [0.5, 0.6) is 23.0 Å². The summed E-state index contributed by atoms with van der Waals surface area (Å²) in [5, 5.41) is 0. The number of rotatable bonds is 7. The molecule has 6 heteroatoms. The number of likely N-dealkylation sites (N-methyl/N-ethyl adjacent to an activating group) is 1. The van der Waals surface area contributed by atoms with E-state index in [1.54, 1.807) is 11.0 Å². The van der Waals surface area contributed by atoms with Gasteiger partial charge in [0.15, 0.2) is 11.5 Å². The van der Waals surface area contributed by atoms with Crippen LogP contribution in [-0.2, 0) is 17.8 Å². The fraction of sp³-hybridized carbons (Fsp3) is 0.375. The first kappa shape index (κ1) is 20.1. The highest BCUT2D eigenvalue weighted by Gasteiger charge is 2.21. The quantitative estimate of drug-likeness (QED) is 0.642. The van der Waals surface area contributed by atoms with Gasteiger partial charge in [-0.1, -0.05) is 6.07 Å². The van der Waals surface area contributed by atoms with E-state index in [4.69, 9.17) is 18.9 Å². The number of ether oxygens (including phenoxy) is 4. The molecule has 0 saturated heterocycles. The van der Waals surface area contributed by atoms with Gasteiger partial charge in [0.1, 0.15) is 17.6 Å². The summed E-state index contributed by atoms with van der Waals surface area (Å²) in [6, 6.07) is 9.75. The molecule has 0 aliphatic carbocycles. The van der Waals surface area contributed by atoms with E-state index in [1.807, 2.05) is 50.3 Å². The predicted octanol–water partition coefficient (Wildman–Crippen LogP) is 4.20. The summed E-state index contributed by atoms with van der Waals surface area (Å²) in [7, 11) is 0. The number of benzene rings is 2. The third-order valence-corrected chi connectivity index (χ3v) is 5.24. The summed E-state index contributed by atoms with van der Waals surface area (Å²) in [6.45, 7) is 7.87. The van der Waals surface area contributed by atoms with Gasteiger partial charge in [-0.05, 0) is 56.7 Å². The molecule has 6 nitrogen and oxygen atoms in total. The molecule has 1 unspecified atom stereocenters. The van der Waals surface area contributed by atoms with Crippen LogP contribution < -0.4 is 18.9 Å². The van der Waals surface area contributed by atoms with Crippen molar-refractivity contribution < 1.29 is 23.7 Å². The van der Waals surface area contributed by atoms with Gasteiger partial charge in [-0.15, -0.1) is 0 Å². The lowest BCUT2D eigenvalue weighted by Gasteiger charge is -2.19. The summed E-state index contributed by atoms with van der Waals surface area (Å²) in [5.41, 5.74) is 2.99. The van der Waals surface area contributed by atoms with Crippen molar-refractivity contribution in [2.45, 2.75) is 39.8 Å². The van der Waals surface area contributed by atoms with Crippen LogP contribution in [-0.4, -0.2) is 36.9 Å². The molecule has 0 fully saturated rings. The number of hydrogen-bond acceptors (Lipinski definition) is 5. The molecule has 0 spiro atoms. The van der Waals surface area contributed by atoms with E-state index in [0.717, 1.165) is 46.1 Å². The Labute approximate surface area is 177 Å². The van der Waals surface area contributed by atoms with E-state index in [9.17, 15) is 4.79 Å². The maximum Gasteiger partial charge on any atom is 0.246 e. The Kier molecular flexibility index (Phi) is 5.84. The Morgan fingerprint density at radius 1 is 1.17 bits per heavy atom. The number of hydrogen-bond donors (Lipinski definition) is 0. The van der Waals surface area contributed by atoms with E-state index in [1.165, 1.54) is 0 Å². The maximum absolute atomic E-state index is 12.9. The minimum absolute atomic E-state index is 0.0626. The van der Waals surface area contributed by atoms with E-state index < -0.39 is 0 Å². The molecule has 1 atom stereocenters. The van der Waals surface area contributed by atoms with Crippen molar-refractivity contribution in [3.8, 4) is 23.0 Å². The first-order valence-corrected chi connectivity index (χ1v) is 10.4. The van der Waals surface area contributed by atoms with Gasteiger partial charge in [0, 0.05) is 36.7 Å². The lowest BCUT2D eigenvalue weighted by atomic mass is 10.1. The first-order chi connectivity index (χ1) is 14.6. The van der Waals surface area contributed by atoms with Crippen molar-refractivity contribution in [3.05, 3.63) is 53.1 Å². The molecule has 0 radical (unpaired) electrons. The summed E-state index contributed by atoms with van der Waals surface area (Å²) < 4.78 is 22.5. The Morgan fingerprint density at radius 3 is 2.80 bits per heavy atom. The fourth-order valence-electron chi connectivity index (χ4n) is 3.74. The van der Waals surface area contributed by atoms with Crippen molar-refractivity contribution in [2.75, 3.05) is 19.9 Å². The highest BCUT2D eigenvalue weighted by Crippen LogP contribution is 2.36. The Hall–Kier alpha value is -3.15. The Bertz CT molecular complexity index is 968. The lowest BCUT2D eigenvalue weighted by Crippen LogP contribution is -2.28. The second-order valence-corrected chi connectivity index (χ2v) is 7.44. The molecule has 0 bridgehead atoms. The molecule has 1 amide bonds. The number of fused-ring (bicyclic) bond motifs is 2. The van der Waals surface area contributed by atoms with Crippen LogP contribution in [0.3, 0.4) is 0 Å². The van der Waals surface area contributed by atoms with Crippen molar-refractivity contribution in [3.63, 3.8) is 0 Å². The molecule has 2 aromatic rings. The van der Waals surface area contributed by atoms with Crippen LogP contribution in [0.15, 0.2) is 36.4 Å².